The summed E-state index contributed by atoms with van der Waals surface area (Å²) in [4.78, 5) is 1.66. The lowest BCUT2D eigenvalue weighted by molar-refractivity contribution is 0.602. The summed E-state index contributed by atoms with van der Waals surface area (Å²) in [5, 5.41) is -0.618. The van der Waals surface area contributed by atoms with E-state index in [1.807, 2.05) is 30.3 Å². The molecule has 0 bridgehead atoms. The van der Waals surface area contributed by atoms with Gasteiger partial charge in [0, 0.05) is 9.79 Å². The van der Waals surface area contributed by atoms with Crippen LogP contribution in [0.25, 0.3) is 0 Å². The van der Waals surface area contributed by atoms with E-state index in [0.29, 0.717) is 4.90 Å². The molecule has 0 aliphatic heterocycles. The standard InChI is InChI=1S/C13H11ClFNO2S2/c14-9-20(17,18)16-13-7-6-11(8-12(13)15)19-10-4-2-1-3-5-10/h1-8,16H,9H2. The molecule has 0 saturated carbocycles. The molecule has 0 spiro atoms. The summed E-state index contributed by atoms with van der Waals surface area (Å²) in [5.41, 5.74) is -0.108. The van der Waals surface area contributed by atoms with Gasteiger partial charge in [-0.2, -0.15) is 0 Å². The summed E-state index contributed by atoms with van der Waals surface area (Å²) >= 11 is 6.65. The quantitative estimate of drug-likeness (QED) is 0.845. The fraction of sp³-hybridized carbons (Fsp3) is 0.0769. The lowest BCUT2D eigenvalue weighted by atomic mass is 10.3. The molecular weight excluding hydrogens is 321 g/mol. The summed E-state index contributed by atoms with van der Waals surface area (Å²) in [6, 6.07) is 13.8. The Bertz CT molecular complexity index is 693. The number of sulfonamides is 1. The molecule has 0 aromatic heterocycles. The zero-order valence-electron chi connectivity index (χ0n) is 10.2. The van der Waals surface area contributed by atoms with E-state index in [4.69, 9.17) is 11.6 Å². The van der Waals surface area contributed by atoms with Crippen molar-refractivity contribution in [1.29, 1.82) is 0 Å². The third-order valence-corrected chi connectivity index (χ3v) is 5.01. The van der Waals surface area contributed by atoms with Gasteiger partial charge in [0.15, 0.2) is 0 Å². The molecule has 2 aromatic carbocycles. The first-order valence-corrected chi connectivity index (χ1v) is 8.59. The fourth-order valence-electron chi connectivity index (χ4n) is 1.46. The third kappa shape index (κ3) is 4.13. The Balaban J connectivity index is 2.18. The van der Waals surface area contributed by atoms with E-state index in [2.05, 4.69) is 4.72 Å². The van der Waals surface area contributed by atoms with E-state index in [0.717, 1.165) is 4.90 Å². The molecule has 0 unspecified atom stereocenters. The number of rotatable bonds is 5. The second-order valence-electron chi connectivity index (χ2n) is 3.88. The van der Waals surface area contributed by atoms with Crippen LogP contribution in [0.1, 0.15) is 0 Å². The van der Waals surface area contributed by atoms with Crippen LogP contribution in [0.4, 0.5) is 10.1 Å². The molecule has 0 atom stereocenters. The van der Waals surface area contributed by atoms with Crippen molar-refractivity contribution in [3.63, 3.8) is 0 Å². The molecule has 0 amide bonds. The third-order valence-electron chi connectivity index (χ3n) is 2.33. The molecule has 2 aromatic rings. The van der Waals surface area contributed by atoms with E-state index in [1.54, 1.807) is 6.07 Å². The van der Waals surface area contributed by atoms with E-state index in [-0.39, 0.29) is 5.69 Å². The lowest BCUT2D eigenvalue weighted by Crippen LogP contribution is -2.14. The predicted molar refractivity (Wildman–Crippen MR) is 80.2 cm³/mol. The Kier molecular flexibility index (Phi) is 4.91. The molecule has 1 N–H and O–H groups in total. The summed E-state index contributed by atoms with van der Waals surface area (Å²) in [5.74, 6) is -0.639. The zero-order valence-corrected chi connectivity index (χ0v) is 12.6. The molecule has 3 nitrogen and oxygen atoms in total. The average molecular weight is 332 g/mol. The number of benzene rings is 2. The number of alkyl halides is 1. The Morgan fingerprint density at radius 1 is 1.10 bits per heavy atom. The van der Waals surface area contributed by atoms with Crippen LogP contribution < -0.4 is 4.72 Å². The van der Waals surface area contributed by atoms with E-state index in [1.165, 1.54) is 23.9 Å². The molecule has 0 heterocycles. The monoisotopic (exact) mass is 331 g/mol. The smallest absolute Gasteiger partial charge is 0.246 e. The van der Waals surface area contributed by atoms with E-state index >= 15 is 0 Å². The second kappa shape index (κ2) is 6.47. The molecule has 0 radical (unpaired) electrons. The van der Waals surface area contributed by atoms with E-state index in [9.17, 15) is 12.8 Å². The first-order chi connectivity index (χ1) is 9.50. The number of anilines is 1. The van der Waals surface area contributed by atoms with Crippen LogP contribution in [0.2, 0.25) is 0 Å². The van der Waals surface area contributed by atoms with E-state index < -0.39 is 21.1 Å². The lowest BCUT2D eigenvalue weighted by Gasteiger charge is -2.08. The summed E-state index contributed by atoms with van der Waals surface area (Å²) in [6.45, 7) is 0. The van der Waals surface area contributed by atoms with Crippen LogP contribution >= 0.6 is 23.4 Å². The van der Waals surface area contributed by atoms with Gasteiger partial charge in [-0.3, -0.25) is 4.72 Å². The Morgan fingerprint density at radius 2 is 1.80 bits per heavy atom. The fourth-order valence-corrected chi connectivity index (χ4v) is 3.04. The van der Waals surface area contributed by atoms with Crippen molar-refractivity contribution < 1.29 is 12.8 Å². The highest BCUT2D eigenvalue weighted by Crippen LogP contribution is 2.30. The number of nitrogens with one attached hydrogen (secondary N) is 1. The second-order valence-corrected chi connectivity index (χ2v) is 7.34. The van der Waals surface area contributed by atoms with Gasteiger partial charge in [-0.05, 0) is 30.3 Å². The van der Waals surface area contributed by atoms with Gasteiger partial charge in [-0.25, -0.2) is 12.8 Å². The van der Waals surface area contributed by atoms with Gasteiger partial charge in [0.1, 0.15) is 11.0 Å². The molecule has 106 valence electrons. The molecule has 2 rings (SSSR count). The number of halogens is 2. The van der Waals surface area contributed by atoms with Gasteiger partial charge in [-0.15, -0.1) is 11.6 Å². The minimum absolute atomic E-state index is 0.108. The highest BCUT2D eigenvalue weighted by molar-refractivity contribution is 7.99. The van der Waals surface area contributed by atoms with Gasteiger partial charge in [0.2, 0.25) is 10.0 Å². The van der Waals surface area contributed by atoms with Crippen LogP contribution in [0.15, 0.2) is 58.3 Å². The Labute approximate surface area is 126 Å². The largest absolute Gasteiger partial charge is 0.280 e. The Hall–Kier alpha value is -1.24. The molecule has 0 saturated heterocycles. The molecule has 0 fully saturated rings. The highest BCUT2D eigenvalue weighted by atomic mass is 35.5. The van der Waals surface area contributed by atoms with Crippen molar-refractivity contribution >= 4 is 39.1 Å². The molecule has 0 aliphatic carbocycles. The van der Waals surface area contributed by atoms with Gasteiger partial charge < -0.3 is 0 Å². The first-order valence-electron chi connectivity index (χ1n) is 5.59. The van der Waals surface area contributed by atoms with Gasteiger partial charge in [-0.1, -0.05) is 30.0 Å². The molecule has 7 heteroatoms. The maximum absolute atomic E-state index is 13.8. The summed E-state index contributed by atoms with van der Waals surface area (Å²) in [7, 11) is -3.70. The van der Waals surface area contributed by atoms with Crippen LogP contribution in [0, 0.1) is 5.82 Å². The molecule has 0 aliphatic rings. The minimum Gasteiger partial charge on any atom is -0.280 e. The number of hydrogen-bond donors (Lipinski definition) is 1. The van der Waals surface area contributed by atoms with Crippen LogP contribution in [0.3, 0.4) is 0 Å². The average Bonchev–Trinajstić information content (AvgIpc) is 2.43. The predicted octanol–water partition coefficient (Wildman–Crippen LogP) is 3.91. The maximum Gasteiger partial charge on any atom is 0.246 e. The zero-order chi connectivity index (χ0) is 14.6. The normalized spacial score (nSPS) is 11.3. The summed E-state index contributed by atoms with van der Waals surface area (Å²) < 4.78 is 38.5. The summed E-state index contributed by atoms with van der Waals surface area (Å²) in [6.07, 6.45) is 0. The molecular formula is C13H11ClFNO2S2. The van der Waals surface area contributed by atoms with Gasteiger partial charge in [0.25, 0.3) is 0 Å². The highest BCUT2D eigenvalue weighted by Gasteiger charge is 2.12. The number of hydrogen-bond acceptors (Lipinski definition) is 3. The van der Waals surface area contributed by atoms with Gasteiger partial charge >= 0.3 is 0 Å². The maximum atomic E-state index is 13.8. The topological polar surface area (TPSA) is 46.2 Å². The van der Waals surface area contributed by atoms with Crippen LogP contribution in [0.5, 0.6) is 0 Å². The molecule has 20 heavy (non-hydrogen) atoms. The minimum atomic E-state index is -3.70. The van der Waals surface area contributed by atoms with Crippen LogP contribution in [-0.4, -0.2) is 13.6 Å². The Morgan fingerprint density at radius 3 is 2.40 bits per heavy atom. The van der Waals surface area contributed by atoms with Crippen molar-refractivity contribution in [2.45, 2.75) is 9.79 Å². The van der Waals surface area contributed by atoms with Crippen molar-refractivity contribution in [1.82, 2.24) is 0 Å². The first kappa shape index (κ1) is 15.2. The van der Waals surface area contributed by atoms with Gasteiger partial charge in [0.05, 0.1) is 5.69 Å². The van der Waals surface area contributed by atoms with Crippen molar-refractivity contribution in [3.8, 4) is 0 Å². The van der Waals surface area contributed by atoms with Crippen molar-refractivity contribution in [3.05, 3.63) is 54.3 Å². The van der Waals surface area contributed by atoms with Crippen molar-refractivity contribution in [2.24, 2.45) is 0 Å². The van der Waals surface area contributed by atoms with Crippen molar-refractivity contribution in [2.75, 3.05) is 9.93 Å². The SMILES string of the molecule is O=S(=O)(CCl)Nc1ccc(Sc2ccccc2)cc1F. The van der Waals surface area contributed by atoms with Crippen LogP contribution in [-0.2, 0) is 10.0 Å².